The van der Waals surface area contributed by atoms with Gasteiger partial charge < -0.3 is 14.7 Å². The number of hydrogen-bond acceptors (Lipinski definition) is 4. The van der Waals surface area contributed by atoms with Crippen LogP contribution in [0.3, 0.4) is 0 Å². The summed E-state index contributed by atoms with van der Waals surface area (Å²) in [4.78, 5) is 4.75. The number of hydrogen-bond donors (Lipinski definition) is 1. The number of ether oxygens (including phenoxy) is 1. The van der Waals surface area contributed by atoms with Gasteiger partial charge in [0.2, 0.25) is 0 Å². The van der Waals surface area contributed by atoms with Crippen LogP contribution in [0.4, 0.5) is 0 Å². The zero-order valence-electron chi connectivity index (χ0n) is 14.3. The lowest BCUT2D eigenvalue weighted by atomic mass is 10.0. The van der Waals surface area contributed by atoms with Gasteiger partial charge in [-0.1, -0.05) is 26.0 Å². The normalized spacial score (nSPS) is 22.0. The summed E-state index contributed by atoms with van der Waals surface area (Å²) in [6.45, 7) is 10.5. The van der Waals surface area contributed by atoms with Crippen molar-refractivity contribution in [3.63, 3.8) is 0 Å². The lowest BCUT2D eigenvalue weighted by Crippen LogP contribution is -2.51. The summed E-state index contributed by atoms with van der Waals surface area (Å²) in [5.74, 6) is 1.43. The molecule has 1 fully saturated rings. The summed E-state index contributed by atoms with van der Waals surface area (Å²) in [5.41, 5.74) is 1.16. The molecular formula is C18H30N2O2. The number of nitrogens with zero attached hydrogens (tertiary/aromatic N) is 2. The molecule has 1 heterocycles. The van der Waals surface area contributed by atoms with Crippen molar-refractivity contribution in [2.45, 2.75) is 32.9 Å². The number of rotatable bonds is 6. The first-order valence-electron chi connectivity index (χ1n) is 8.29. The highest BCUT2D eigenvalue weighted by Gasteiger charge is 2.27. The Balaban J connectivity index is 2.01. The quantitative estimate of drug-likeness (QED) is 0.875. The fraction of sp³-hybridized carbons (Fsp3) is 0.667. The van der Waals surface area contributed by atoms with Crippen LogP contribution in [0.1, 0.15) is 32.4 Å². The maximum atomic E-state index is 9.84. The lowest BCUT2D eigenvalue weighted by Gasteiger charge is -2.41. The Morgan fingerprint density at radius 2 is 1.91 bits per heavy atom. The van der Waals surface area contributed by atoms with Crippen LogP contribution in [0, 0.1) is 5.92 Å². The molecule has 0 bridgehead atoms. The number of likely N-dealkylation sites (N-methyl/N-ethyl adjacent to an activating group) is 1. The van der Waals surface area contributed by atoms with Crippen molar-refractivity contribution in [3.8, 4) is 5.75 Å². The van der Waals surface area contributed by atoms with E-state index in [2.05, 4.69) is 49.8 Å². The molecule has 22 heavy (non-hydrogen) atoms. The fourth-order valence-corrected chi connectivity index (χ4v) is 2.84. The molecule has 0 aromatic heterocycles. The fourth-order valence-electron chi connectivity index (χ4n) is 2.84. The van der Waals surface area contributed by atoms with Crippen LogP contribution < -0.4 is 4.74 Å². The molecule has 4 nitrogen and oxygen atoms in total. The average molecular weight is 306 g/mol. The second-order valence-electron chi connectivity index (χ2n) is 6.80. The molecule has 1 aliphatic heterocycles. The van der Waals surface area contributed by atoms with Crippen molar-refractivity contribution >= 4 is 0 Å². The molecule has 1 saturated heterocycles. The first kappa shape index (κ1) is 17.3. The second-order valence-corrected chi connectivity index (χ2v) is 6.80. The largest absolute Gasteiger partial charge is 0.493 e. The highest BCUT2D eigenvalue weighted by atomic mass is 16.5. The third-order valence-electron chi connectivity index (χ3n) is 4.45. The first-order chi connectivity index (χ1) is 10.5. The van der Waals surface area contributed by atoms with Crippen LogP contribution in [-0.4, -0.2) is 60.8 Å². The molecule has 4 heteroatoms. The Morgan fingerprint density at radius 3 is 2.45 bits per heavy atom. The van der Waals surface area contributed by atoms with Crippen LogP contribution in [0.5, 0.6) is 5.75 Å². The minimum atomic E-state index is 0.0790. The Kier molecular flexibility index (Phi) is 6.24. The summed E-state index contributed by atoms with van der Waals surface area (Å²) < 4.78 is 5.73. The maximum absolute atomic E-state index is 9.84. The Labute approximate surface area is 134 Å². The number of benzene rings is 1. The summed E-state index contributed by atoms with van der Waals surface area (Å²) in [5, 5.41) is 9.84. The Bertz CT molecular complexity index is 447. The van der Waals surface area contributed by atoms with Gasteiger partial charge in [-0.15, -0.1) is 0 Å². The first-order valence-corrected chi connectivity index (χ1v) is 8.29. The molecule has 0 spiro atoms. The predicted octanol–water partition coefficient (Wildman–Crippen LogP) is 2.39. The van der Waals surface area contributed by atoms with E-state index in [0.29, 0.717) is 12.0 Å². The van der Waals surface area contributed by atoms with E-state index in [4.69, 9.17) is 4.74 Å². The Morgan fingerprint density at radius 1 is 1.23 bits per heavy atom. The number of aliphatic hydroxyl groups excluding tert-OH is 1. The minimum Gasteiger partial charge on any atom is -0.493 e. The molecule has 0 radical (unpaired) electrons. The molecule has 2 rings (SSSR count). The van der Waals surface area contributed by atoms with Gasteiger partial charge in [-0.3, -0.25) is 4.90 Å². The molecule has 1 aromatic carbocycles. The van der Waals surface area contributed by atoms with Crippen molar-refractivity contribution in [3.05, 3.63) is 29.8 Å². The van der Waals surface area contributed by atoms with Crippen molar-refractivity contribution in [1.29, 1.82) is 0 Å². The van der Waals surface area contributed by atoms with Gasteiger partial charge in [0, 0.05) is 25.7 Å². The van der Waals surface area contributed by atoms with E-state index >= 15 is 0 Å². The molecule has 1 aliphatic rings. The van der Waals surface area contributed by atoms with Crippen molar-refractivity contribution < 1.29 is 9.84 Å². The SMILES string of the molecule is CC(C)COc1ccc(C(CO)N2CCN(C)C(C)C2)cc1. The van der Waals surface area contributed by atoms with E-state index in [-0.39, 0.29) is 12.6 Å². The molecular weight excluding hydrogens is 276 g/mol. The van der Waals surface area contributed by atoms with Crippen LogP contribution in [0.15, 0.2) is 24.3 Å². The van der Waals surface area contributed by atoms with E-state index < -0.39 is 0 Å². The van der Waals surface area contributed by atoms with Crippen LogP contribution >= 0.6 is 0 Å². The summed E-state index contributed by atoms with van der Waals surface area (Å²) in [6.07, 6.45) is 0. The molecule has 0 amide bonds. The van der Waals surface area contributed by atoms with Gasteiger partial charge in [-0.05, 0) is 37.6 Å². The van der Waals surface area contributed by atoms with Crippen LogP contribution in [-0.2, 0) is 0 Å². The van der Waals surface area contributed by atoms with E-state index in [1.165, 1.54) is 0 Å². The molecule has 0 aliphatic carbocycles. The third-order valence-corrected chi connectivity index (χ3v) is 4.45. The minimum absolute atomic E-state index is 0.0790. The zero-order valence-corrected chi connectivity index (χ0v) is 14.3. The van der Waals surface area contributed by atoms with E-state index in [9.17, 15) is 5.11 Å². The summed E-state index contributed by atoms with van der Waals surface area (Å²) in [7, 11) is 2.16. The second kappa shape index (κ2) is 7.95. The number of aliphatic hydroxyl groups is 1. The van der Waals surface area contributed by atoms with Gasteiger partial charge in [0.1, 0.15) is 5.75 Å². The van der Waals surface area contributed by atoms with E-state index in [0.717, 1.165) is 37.6 Å². The van der Waals surface area contributed by atoms with Crippen molar-refractivity contribution in [2.24, 2.45) is 5.92 Å². The molecule has 124 valence electrons. The molecule has 0 saturated carbocycles. The van der Waals surface area contributed by atoms with Crippen LogP contribution in [0.2, 0.25) is 0 Å². The predicted molar refractivity (Wildman–Crippen MR) is 90.3 cm³/mol. The van der Waals surface area contributed by atoms with Crippen LogP contribution in [0.25, 0.3) is 0 Å². The van der Waals surface area contributed by atoms with Gasteiger partial charge in [-0.2, -0.15) is 0 Å². The van der Waals surface area contributed by atoms with Crippen molar-refractivity contribution in [1.82, 2.24) is 9.80 Å². The topological polar surface area (TPSA) is 35.9 Å². The maximum Gasteiger partial charge on any atom is 0.119 e. The van der Waals surface area contributed by atoms with E-state index in [1.807, 2.05) is 12.1 Å². The molecule has 1 N–H and O–H groups in total. The molecule has 2 unspecified atom stereocenters. The van der Waals surface area contributed by atoms with Gasteiger partial charge in [-0.25, -0.2) is 0 Å². The third kappa shape index (κ3) is 4.45. The average Bonchev–Trinajstić information content (AvgIpc) is 2.50. The number of piperazine rings is 1. The monoisotopic (exact) mass is 306 g/mol. The molecule has 2 atom stereocenters. The standard InChI is InChI=1S/C18H30N2O2/c1-14(2)13-22-17-7-5-16(6-8-17)18(12-21)20-10-9-19(4)15(3)11-20/h5-8,14-15,18,21H,9-13H2,1-4H3. The Hall–Kier alpha value is -1.10. The lowest BCUT2D eigenvalue weighted by molar-refractivity contribution is 0.0463. The van der Waals surface area contributed by atoms with Gasteiger partial charge in [0.05, 0.1) is 19.3 Å². The van der Waals surface area contributed by atoms with Gasteiger partial charge >= 0.3 is 0 Å². The summed E-state index contributed by atoms with van der Waals surface area (Å²) in [6, 6.07) is 8.80. The zero-order chi connectivity index (χ0) is 16.1. The summed E-state index contributed by atoms with van der Waals surface area (Å²) >= 11 is 0. The van der Waals surface area contributed by atoms with Crippen molar-refractivity contribution in [2.75, 3.05) is 39.9 Å². The van der Waals surface area contributed by atoms with Gasteiger partial charge in [0.15, 0.2) is 0 Å². The smallest absolute Gasteiger partial charge is 0.119 e. The van der Waals surface area contributed by atoms with E-state index in [1.54, 1.807) is 0 Å². The van der Waals surface area contributed by atoms with Gasteiger partial charge in [0.25, 0.3) is 0 Å². The highest BCUT2D eigenvalue weighted by Crippen LogP contribution is 2.25. The highest BCUT2D eigenvalue weighted by molar-refractivity contribution is 5.29. The molecule has 1 aromatic rings.